The van der Waals surface area contributed by atoms with Crippen LogP contribution in [-0.4, -0.2) is 5.91 Å². The van der Waals surface area contributed by atoms with Gasteiger partial charge >= 0.3 is 0 Å². The van der Waals surface area contributed by atoms with Crippen molar-refractivity contribution in [1.29, 1.82) is 0 Å². The minimum Gasteiger partial charge on any atom is -0.345 e. The highest BCUT2D eigenvalue weighted by atomic mass is 79.9. The van der Waals surface area contributed by atoms with Crippen molar-refractivity contribution >= 4 is 33.4 Å². The minimum atomic E-state index is -0.149. The summed E-state index contributed by atoms with van der Waals surface area (Å²) in [5.41, 5.74) is 1.60. The van der Waals surface area contributed by atoms with Gasteiger partial charge in [-0.1, -0.05) is 61.3 Å². The summed E-state index contributed by atoms with van der Waals surface area (Å²) in [4.78, 5) is 12.5. The van der Waals surface area contributed by atoms with Crippen LogP contribution in [-0.2, 0) is 0 Å². The second kappa shape index (κ2) is 7.62. The van der Waals surface area contributed by atoms with Crippen LogP contribution in [0.5, 0.6) is 0 Å². The van der Waals surface area contributed by atoms with Crippen LogP contribution in [0.25, 0.3) is 0 Å². The molecule has 0 aliphatic heterocycles. The number of hydrogen-bond donors (Lipinski definition) is 1. The molecule has 2 nitrogen and oxygen atoms in total. The summed E-state index contributed by atoms with van der Waals surface area (Å²) in [5.74, 6) is -0.149. The van der Waals surface area contributed by atoms with Crippen molar-refractivity contribution in [3.8, 4) is 0 Å². The van der Waals surface area contributed by atoms with Crippen molar-refractivity contribution in [3.05, 3.63) is 69.2 Å². The molecule has 21 heavy (non-hydrogen) atoms. The van der Waals surface area contributed by atoms with Crippen LogP contribution in [0.1, 0.15) is 41.7 Å². The van der Waals surface area contributed by atoms with E-state index in [0.717, 1.165) is 22.9 Å². The predicted octanol–water partition coefficient (Wildman–Crippen LogP) is 5.37. The molecule has 0 fully saturated rings. The van der Waals surface area contributed by atoms with Gasteiger partial charge in [-0.25, -0.2) is 0 Å². The zero-order chi connectivity index (χ0) is 15.2. The first-order valence-electron chi connectivity index (χ1n) is 6.93. The monoisotopic (exact) mass is 365 g/mol. The van der Waals surface area contributed by atoms with E-state index in [9.17, 15) is 4.79 Å². The Balaban J connectivity index is 2.21. The molecule has 0 heterocycles. The molecule has 0 spiro atoms. The van der Waals surface area contributed by atoms with Gasteiger partial charge in [-0.3, -0.25) is 4.79 Å². The molecular formula is C17H17BrClNO. The summed E-state index contributed by atoms with van der Waals surface area (Å²) < 4.78 is 0.726. The van der Waals surface area contributed by atoms with E-state index < -0.39 is 0 Å². The van der Waals surface area contributed by atoms with E-state index in [-0.39, 0.29) is 11.9 Å². The molecule has 1 amide bonds. The highest BCUT2D eigenvalue weighted by Gasteiger charge is 2.17. The summed E-state index contributed by atoms with van der Waals surface area (Å²) in [6.07, 6.45) is 1.88. The van der Waals surface area contributed by atoms with E-state index in [1.165, 1.54) is 0 Å². The van der Waals surface area contributed by atoms with Gasteiger partial charge < -0.3 is 5.32 Å². The molecule has 110 valence electrons. The van der Waals surface area contributed by atoms with Crippen LogP contribution in [0.4, 0.5) is 0 Å². The lowest BCUT2D eigenvalue weighted by atomic mass is 10.0. The van der Waals surface area contributed by atoms with E-state index in [1.54, 1.807) is 6.07 Å². The average molecular weight is 367 g/mol. The van der Waals surface area contributed by atoms with E-state index in [4.69, 9.17) is 11.6 Å². The molecule has 0 bridgehead atoms. The van der Waals surface area contributed by atoms with Crippen LogP contribution in [0.15, 0.2) is 53.0 Å². The second-order valence-electron chi connectivity index (χ2n) is 4.83. The SMILES string of the molecule is CCCC(NC(=O)c1cccc(Br)c1Cl)c1ccccc1. The smallest absolute Gasteiger partial charge is 0.253 e. The lowest BCUT2D eigenvalue weighted by molar-refractivity contribution is 0.0934. The zero-order valence-electron chi connectivity index (χ0n) is 11.8. The maximum atomic E-state index is 12.5. The number of hydrogen-bond acceptors (Lipinski definition) is 1. The molecule has 0 aromatic heterocycles. The number of halogens is 2. The third-order valence-electron chi connectivity index (χ3n) is 3.28. The Kier molecular flexibility index (Phi) is 5.83. The number of amides is 1. The van der Waals surface area contributed by atoms with Crippen LogP contribution in [0.3, 0.4) is 0 Å². The van der Waals surface area contributed by atoms with Crippen molar-refractivity contribution in [3.63, 3.8) is 0 Å². The Morgan fingerprint density at radius 3 is 2.57 bits per heavy atom. The quantitative estimate of drug-likeness (QED) is 0.757. The third kappa shape index (κ3) is 4.08. The van der Waals surface area contributed by atoms with Gasteiger partial charge in [0.05, 0.1) is 16.6 Å². The number of nitrogens with one attached hydrogen (secondary N) is 1. The van der Waals surface area contributed by atoms with Crippen LogP contribution >= 0.6 is 27.5 Å². The van der Waals surface area contributed by atoms with Gasteiger partial charge in [0.2, 0.25) is 0 Å². The number of carbonyl (C=O) groups excluding carboxylic acids is 1. The van der Waals surface area contributed by atoms with Gasteiger partial charge in [0.25, 0.3) is 5.91 Å². The van der Waals surface area contributed by atoms with E-state index >= 15 is 0 Å². The van der Waals surface area contributed by atoms with Gasteiger partial charge in [0.1, 0.15) is 0 Å². The fraction of sp³-hybridized carbons (Fsp3) is 0.235. The summed E-state index contributed by atoms with van der Waals surface area (Å²) in [6, 6.07) is 15.4. The van der Waals surface area contributed by atoms with Gasteiger partial charge in [0.15, 0.2) is 0 Å². The zero-order valence-corrected chi connectivity index (χ0v) is 14.1. The Labute approximate surface area is 138 Å². The van der Waals surface area contributed by atoms with Crippen molar-refractivity contribution in [2.75, 3.05) is 0 Å². The molecule has 2 aromatic carbocycles. The van der Waals surface area contributed by atoms with Gasteiger partial charge in [-0.05, 0) is 40.0 Å². The number of rotatable bonds is 5. The molecule has 0 aliphatic rings. The molecule has 0 radical (unpaired) electrons. The minimum absolute atomic E-state index is 0.00116. The maximum Gasteiger partial charge on any atom is 0.253 e. The first-order chi connectivity index (χ1) is 10.1. The van der Waals surface area contributed by atoms with Crippen molar-refractivity contribution in [2.45, 2.75) is 25.8 Å². The lowest BCUT2D eigenvalue weighted by Gasteiger charge is -2.19. The van der Waals surface area contributed by atoms with E-state index in [0.29, 0.717) is 10.6 Å². The van der Waals surface area contributed by atoms with Crippen molar-refractivity contribution in [2.24, 2.45) is 0 Å². The Hall–Kier alpha value is -1.32. The van der Waals surface area contributed by atoms with Crippen molar-refractivity contribution < 1.29 is 4.79 Å². The fourth-order valence-electron chi connectivity index (χ4n) is 2.21. The number of benzene rings is 2. The molecule has 2 rings (SSSR count). The summed E-state index contributed by atoms with van der Waals surface area (Å²) in [7, 11) is 0. The van der Waals surface area contributed by atoms with E-state index in [1.807, 2.05) is 42.5 Å². The largest absolute Gasteiger partial charge is 0.345 e. The maximum absolute atomic E-state index is 12.5. The second-order valence-corrected chi connectivity index (χ2v) is 6.06. The molecule has 0 saturated carbocycles. The van der Waals surface area contributed by atoms with Gasteiger partial charge in [0, 0.05) is 4.47 Å². The van der Waals surface area contributed by atoms with Crippen LogP contribution in [0.2, 0.25) is 5.02 Å². The topological polar surface area (TPSA) is 29.1 Å². The Morgan fingerprint density at radius 2 is 1.90 bits per heavy atom. The third-order valence-corrected chi connectivity index (χ3v) is 4.58. The fourth-order valence-corrected chi connectivity index (χ4v) is 2.79. The standard InChI is InChI=1S/C17H17BrClNO/c1-2-7-15(12-8-4-3-5-9-12)20-17(21)13-10-6-11-14(18)16(13)19/h3-6,8-11,15H,2,7H2,1H3,(H,20,21). The first-order valence-corrected chi connectivity index (χ1v) is 8.10. The Bertz CT molecular complexity index is 615. The first kappa shape index (κ1) is 16.1. The molecular weight excluding hydrogens is 350 g/mol. The molecule has 1 atom stereocenters. The summed E-state index contributed by atoms with van der Waals surface area (Å²) >= 11 is 9.53. The van der Waals surface area contributed by atoms with Gasteiger partial charge in [-0.2, -0.15) is 0 Å². The van der Waals surface area contributed by atoms with E-state index in [2.05, 4.69) is 28.2 Å². The average Bonchev–Trinajstić information content (AvgIpc) is 2.50. The highest BCUT2D eigenvalue weighted by molar-refractivity contribution is 9.10. The lowest BCUT2D eigenvalue weighted by Crippen LogP contribution is -2.28. The summed E-state index contributed by atoms with van der Waals surface area (Å²) in [6.45, 7) is 2.11. The molecule has 4 heteroatoms. The van der Waals surface area contributed by atoms with Gasteiger partial charge in [-0.15, -0.1) is 0 Å². The highest BCUT2D eigenvalue weighted by Crippen LogP contribution is 2.27. The molecule has 1 N–H and O–H groups in total. The molecule has 1 unspecified atom stereocenters. The number of carbonyl (C=O) groups is 1. The Morgan fingerprint density at radius 1 is 1.19 bits per heavy atom. The predicted molar refractivity (Wildman–Crippen MR) is 90.7 cm³/mol. The normalized spacial score (nSPS) is 12.0. The molecule has 0 saturated heterocycles. The summed E-state index contributed by atoms with van der Waals surface area (Å²) in [5, 5.41) is 3.52. The van der Waals surface area contributed by atoms with Crippen LogP contribution < -0.4 is 5.32 Å². The molecule has 2 aromatic rings. The van der Waals surface area contributed by atoms with Crippen LogP contribution in [0, 0.1) is 0 Å². The van der Waals surface area contributed by atoms with Crippen molar-refractivity contribution in [1.82, 2.24) is 5.32 Å². The molecule has 0 aliphatic carbocycles.